The molecule has 0 aliphatic carbocycles. The molecule has 0 atom stereocenters. The largest absolute Gasteiger partial charge is 0.396 e. The number of rotatable bonds is 7. The van der Waals surface area contributed by atoms with Gasteiger partial charge in [-0.1, -0.05) is 0 Å². The third-order valence-electron chi connectivity index (χ3n) is 2.36. The normalized spacial score (nSPS) is 10.7. The van der Waals surface area contributed by atoms with Crippen molar-refractivity contribution in [2.45, 2.75) is 12.8 Å². The van der Waals surface area contributed by atoms with Crippen molar-refractivity contribution in [3.63, 3.8) is 0 Å². The summed E-state index contributed by atoms with van der Waals surface area (Å²) in [4.78, 5) is 17.7. The summed E-state index contributed by atoms with van der Waals surface area (Å²) in [7, 11) is 1.88. The van der Waals surface area contributed by atoms with Crippen molar-refractivity contribution < 1.29 is 9.90 Å². The average molecular weight is 316 g/mol. The van der Waals surface area contributed by atoms with Crippen LogP contribution in [0.4, 0.5) is 5.82 Å². The molecule has 1 amide bonds. The van der Waals surface area contributed by atoms with E-state index in [0.29, 0.717) is 12.4 Å². The van der Waals surface area contributed by atoms with Gasteiger partial charge in [-0.25, -0.2) is 4.98 Å². The second-order valence-corrected chi connectivity index (χ2v) is 4.99. The number of pyridine rings is 1. The number of anilines is 1. The molecule has 0 bridgehead atoms. The number of hydrogen-bond acceptors (Lipinski definition) is 4. The van der Waals surface area contributed by atoms with Gasteiger partial charge >= 0.3 is 0 Å². The number of nitrogens with zero attached hydrogens (tertiary/aromatic N) is 2. The molecule has 0 aromatic carbocycles. The Labute approximate surface area is 115 Å². The Morgan fingerprint density at radius 1 is 1.50 bits per heavy atom. The summed E-state index contributed by atoms with van der Waals surface area (Å²) in [6.45, 7) is 1.31. The van der Waals surface area contributed by atoms with Crippen molar-refractivity contribution in [3.05, 3.63) is 22.8 Å². The van der Waals surface area contributed by atoms with Crippen LogP contribution in [0.15, 0.2) is 22.8 Å². The molecule has 1 heterocycles. The van der Waals surface area contributed by atoms with Gasteiger partial charge in [0.05, 0.1) is 6.54 Å². The van der Waals surface area contributed by atoms with Crippen LogP contribution in [0.1, 0.15) is 12.8 Å². The molecular weight excluding hydrogens is 298 g/mol. The van der Waals surface area contributed by atoms with Crippen LogP contribution in [0.5, 0.6) is 0 Å². The van der Waals surface area contributed by atoms with Crippen molar-refractivity contribution >= 4 is 27.7 Å². The number of amides is 1. The first-order valence-electron chi connectivity index (χ1n) is 5.82. The lowest BCUT2D eigenvalue weighted by Crippen LogP contribution is -2.31. The fourth-order valence-corrected chi connectivity index (χ4v) is 1.68. The van der Waals surface area contributed by atoms with Crippen molar-refractivity contribution in [2.24, 2.45) is 0 Å². The molecule has 2 N–H and O–H groups in total. The molecule has 5 nitrogen and oxygen atoms in total. The molecule has 18 heavy (non-hydrogen) atoms. The zero-order valence-corrected chi connectivity index (χ0v) is 12.0. The number of likely N-dealkylation sites (N-methyl/N-ethyl adjacent to an activating group) is 1. The summed E-state index contributed by atoms with van der Waals surface area (Å²) >= 11 is 3.28. The van der Waals surface area contributed by atoms with E-state index in [1.807, 2.05) is 18.0 Å². The fourth-order valence-electron chi connectivity index (χ4n) is 1.45. The highest BCUT2D eigenvalue weighted by atomic mass is 79.9. The van der Waals surface area contributed by atoms with Gasteiger partial charge in [-0.2, -0.15) is 0 Å². The maximum Gasteiger partial charge on any atom is 0.239 e. The smallest absolute Gasteiger partial charge is 0.239 e. The van der Waals surface area contributed by atoms with E-state index in [-0.39, 0.29) is 12.5 Å². The van der Waals surface area contributed by atoms with Crippen LogP contribution in [0.2, 0.25) is 0 Å². The topological polar surface area (TPSA) is 65.5 Å². The van der Waals surface area contributed by atoms with Crippen molar-refractivity contribution in [2.75, 3.05) is 32.1 Å². The number of hydrogen-bond donors (Lipinski definition) is 2. The number of aliphatic hydroxyl groups is 1. The van der Waals surface area contributed by atoms with E-state index in [4.69, 9.17) is 5.11 Å². The predicted octanol–water partition coefficient (Wildman–Crippen LogP) is 1.49. The molecule has 1 aromatic rings. The molecule has 0 saturated carbocycles. The Bertz CT molecular complexity index is 370. The highest BCUT2D eigenvalue weighted by Crippen LogP contribution is 2.10. The molecule has 1 aromatic heterocycles. The third-order valence-corrected chi connectivity index (χ3v) is 2.83. The van der Waals surface area contributed by atoms with Crippen molar-refractivity contribution in [1.82, 2.24) is 9.88 Å². The van der Waals surface area contributed by atoms with Gasteiger partial charge < -0.3 is 10.4 Å². The Kier molecular flexibility index (Phi) is 6.85. The zero-order valence-electron chi connectivity index (χ0n) is 10.4. The molecule has 0 saturated heterocycles. The Morgan fingerprint density at radius 3 is 2.89 bits per heavy atom. The lowest BCUT2D eigenvalue weighted by atomic mass is 10.3. The molecule has 0 aliphatic heterocycles. The first kappa shape index (κ1) is 15.1. The second kappa shape index (κ2) is 8.18. The van der Waals surface area contributed by atoms with Gasteiger partial charge in [0, 0.05) is 17.3 Å². The summed E-state index contributed by atoms with van der Waals surface area (Å²) in [5.74, 6) is 0.461. The fraction of sp³-hybridized carbons (Fsp3) is 0.500. The number of aliphatic hydroxyl groups excluding tert-OH is 1. The number of carbonyl (C=O) groups is 1. The van der Waals surface area contributed by atoms with E-state index in [2.05, 4.69) is 26.2 Å². The minimum atomic E-state index is -0.0867. The monoisotopic (exact) mass is 315 g/mol. The Morgan fingerprint density at radius 2 is 2.28 bits per heavy atom. The van der Waals surface area contributed by atoms with Crippen molar-refractivity contribution in [1.29, 1.82) is 0 Å². The number of unbranched alkanes of at least 4 members (excludes halogenated alkanes) is 1. The van der Waals surface area contributed by atoms with Gasteiger partial charge in [-0.05, 0) is 54.5 Å². The number of halogens is 1. The molecule has 0 fully saturated rings. The minimum Gasteiger partial charge on any atom is -0.396 e. The summed E-state index contributed by atoms with van der Waals surface area (Å²) < 4.78 is 0.877. The molecule has 0 spiro atoms. The van der Waals surface area contributed by atoms with E-state index in [9.17, 15) is 4.79 Å². The number of aromatic nitrogens is 1. The van der Waals surface area contributed by atoms with Crippen LogP contribution < -0.4 is 5.32 Å². The van der Waals surface area contributed by atoms with Gasteiger partial charge in [-0.3, -0.25) is 9.69 Å². The van der Waals surface area contributed by atoms with E-state index in [0.717, 1.165) is 23.9 Å². The zero-order chi connectivity index (χ0) is 13.4. The molecule has 0 radical (unpaired) electrons. The third kappa shape index (κ3) is 6.09. The first-order chi connectivity index (χ1) is 8.61. The first-order valence-corrected chi connectivity index (χ1v) is 6.62. The summed E-state index contributed by atoms with van der Waals surface area (Å²) in [6.07, 6.45) is 3.29. The van der Waals surface area contributed by atoms with Crippen LogP contribution >= 0.6 is 15.9 Å². The number of carbonyl (C=O) groups excluding carboxylic acids is 1. The van der Waals surface area contributed by atoms with Crippen LogP contribution in [-0.4, -0.2) is 47.6 Å². The quantitative estimate of drug-likeness (QED) is 0.748. The van der Waals surface area contributed by atoms with Crippen LogP contribution in [0.25, 0.3) is 0 Å². The predicted molar refractivity (Wildman–Crippen MR) is 74.4 cm³/mol. The van der Waals surface area contributed by atoms with Gasteiger partial charge in [0.1, 0.15) is 5.82 Å². The second-order valence-electron chi connectivity index (χ2n) is 4.08. The lowest BCUT2D eigenvalue weighted by molar-refractivity contribution is -0.117. The van der Waals surface area contributed by atoms with Gasteiger partial charge in [0.2, 0.25) is 5.91 Å². The van der Waals surface area contributed by atoms with Gasteiger partial charge in [-0.15, -0.1) is 0 Å². The summed E-state index contributed by atoms with van der Waals surface area (Å²) in [6, 6.07) is 3.57. The lowest BCUT2D eigenvalue weighted by Gasteiger charge is -2.15. The van der Waals surface area contributed by atoms with Gasteiger partial charge in [0.15, 0.2) is 0 Å². The van der Waals surface area contributed by atoms with Gasteiger partial charge in [0.25, 0.3) is 0 Å². The maximum absolute atomic E-state index is 11.7. The molecule has 0 aliphatic rings. The average Bonchev–Trinajstić information content (AvgIpc) is 2.32. The summed E-state index contributed by atoms with van der Waals surface area (Å²) in [5.41, 5.74) is 0. The van der Waals surface area contributed by atoms with E-state index < -0.39 is 0 Å². The standard InChI is InChI=1S/C12H18BrN3O2/c1-16(6-2-3-7-17)9-12(18)15-11-5-4-10(13)8-14-11/h4-5,8,17H,2-3,6-7,9H2,1H3,(H,14,15,18). The Balaban J connectivity index is 2.30. The molecule has 6 heteroatoms. The molecule has 100 valence electrons. The van der Waals surface area contributed by atoms with Crippen LogP contribution in [0.3, 0.4) is 0 Å². The highest BCUT2D eigenvalue weighted by molar-refractivity contribution is 9.10. The number of nitrogens with one attached hydrogen (secondary N) is 1. The van der Waals surface area contributed by atoms with Crippen molar-refractivity contribution in [3.8, 4) is 0 Å². The van der Waals surface area contributed by atoms with E-state index in [1.54, 1.807) is 12.3 Å². The van der Waals surface area contributed by atoms with Crippen LogP contribution in [0, 0.1) is 0 Å². The highest BCUT2D eigenvalue weighted by Gasteiger charge is 2.07. The minimum absolute atomic E-state index is 0.0867. The van der Waals surface area contributed by atoms with Crippen LogP contribution in [-0.2, 0) is 4.79 Å². The molecule has 0 unspecified atom stereocenters. The van der Waals surface area contributed by atoms with E-state index >= 15 is 0 Å². The maximum atomic E-state index is 11.7. The summed E-state index contributed by atoms with van der Waals surface area (Å²) in [5, 5.41) is 11.4. The molecule has 1 rings (SSSR count). The molecular formula is C12H18BrN3O2. The Hall–Kier alpha value is -0.980. The SMILES string of the molecule is CN(CCCCO)CC(=O)Nc1ccc(Br)cn1. The van der Waals surface area contributed by atoms with E-state index in [1.165, 1.54) is 0 Å².